The highest BCUT2D eigenvalue weighted by Gasteiger charge is 2.19. The van der Waals surface area contributed by atoms with Gasteiger partial charge < -0.3 is 20.3 Å². The first-order valence-corrected chi connectivity index (χ1v) is 9.33. The second-order valence-electron chi connectivity index (χ2n) is 6.77. The van der Waals surface area contributed by atoms with E-state index in [1.807, 2.05) is 41.5 Å². The normalized spacial score (nSPS) is 11.6. The molecule has 0 radical (unpaired) electrons. The fourth-order valence-corrected chi connectivity index (χ4v) is 2.85. The van der Waals surface area contributed by atoms with Crippen LogP contribution in [0.4, 0.5) is 4.79 Å². The van der Waals surface area contributed by atoms with Gasteiger partial charge in [0.05, 0.1) is 17.2 Å². The number of rotatable bonds is 6. The third-order valence-electron chi connectivity index (χ3n) is 3.17. The molecule has 0 aliphatic carbocycles. The molecule has 0 atom stereocenters. The number of carbonyl (C=O) groups excluding carboxylic acids is 1. The van der Waals surface area contributed by atoms with Crippen molar-refractivity contribution in [2.45, 2.75) is 53.7 Å². The first-order chi connectivity index (χ1) is 11.6. The largest absolute Gasteiger partial charge is 0.444 e. The molecule has 26 heavy (non-hydrogen) atoms. The summed E-state index contributed by atoms with van der Waals surface area (Å²) in [5, 5.41) is 7.50. The lowest BCUT2D eigenvalue weighted by molar-refractivity contribution is 0.0302. The first-order valence-electron chi connectivity index (χ1n) is 8.51. The summed E-state index contributed by atoms with van der Waals surface area (Å²) in [4.78, 5) is 23.7. The van der Waals surface area contributed by atoms with Gasteiger partial charge in [0.1, 0.15) is 5.60 Å². The fraction of sp³-hybridized carbons (Fsp3) is 0.706. The molecule has 7 nitrogen and oxygen atoms in total. The van der Waals surface area contributed by atoms with Gasteiger partial charge in [-0.2, -0.15) is 0 Å². The maximum Gasteiger partial charge on any atom is 0.410 e. The molecule has 0 saturated heterocycles. The van der Waals surface area contributed by atoms with E-state index in [4.69, 9.17) is 4.74 Å². The highest BCUT2D eigenvalue weighted by Crippen LogP contribution is 2.17. The Labute approximate surface area is 178 Å². The van der Waals surface area contributed by atoms with Crippen LogP contribution in [0, 0.1) is 13.8 Å². The predicted octanol–water partition coefficient (Wildman–Crippen LogP) is 3.30. The van der Waals surface area contributed by atoms with Crippen LogP contribution < -0.4 is 10.6 Å². The molecule has 0 aliphatic heterocycles. The van der Waals surface area contributed by atoms with Crippen LogP contribution in [0.2, 0.25) is 0 Å². The highest BCUT2D eigenvalue weighted by atomic mass is 127. The van der Waals surface area contributed by atoms with Gasteiger partial charge in [-0.3, -0.25) is 0 Å². The number of aromatic nitrogens is 1. The van der Waals surface area contributed by atoms with Crippen molar-refractivity contribution in [1.82, 2.24) is 20.5 Å². The van der Waals surface area contributed by atoms with Crippen LogP contribution >= 0.6 is 35.3 Å². The molecule has 2 N–H and O–H groups in total. The summed E-state index contributed by atoms with van der Waals surface area (Å²) >= 11 is 1.67. The van der Waals surface area contributed by atoms with Crippen molar-refractivity contribution < 1.29 is 9.53 Å². The number of hydrogen-bond acceptors (Lipinski definition) is 5. The lowest BCUT2D eigenvalue weighted by Gasteiger charge is -2.24. The van der Waals surface area contributed by atoms with Crippen LogP contribution in [0.25, 0.3) is 0 Å². The van der Waals surface area contributed by atoms with Gasteiger partial charge in [-0.1, -0.05) is 0 Å². The number of aryl methyl sites for hydroxylation is 2. The van der Waals surface area contributed by atoms with Gasteiger partial charge in [0.2, 0.25) is 0 Å². The van der Waals surface area contributed by atoms with Gasteiger partial charge in [-0.25, -0.2) is 14.8 Å². The van der Waals surface area contributed by atoms with Crippen molar-refractivity contribution in [1.29, 1.82) is 0 Å². The molecule has 1 aromatic heterocycles. The van der Waals surface area contributed by atoms with Crippen molar-refractivity contribution in [3.63, 3.8) is 0 Å². The summed E-state index contributed by atoms with van der Waals surface area (Å²) in [6, 6.07) is 0. The van der Waals surface area contributed by atoms with E-state index in [1.54, 1.807) is 23.3 Å². The zero-order valence-corrected chi connectivity index (χ0v) is 19.9. The lowest BCUT2D eigenvalue weighted by Crippen LogP contribution is -2.43. The summed E-state index contributed by atoms with van der Waals surface area (Å²) in [6.07, 6.45) is -0.327. The van der Waals surface area contributed by atoms with Crippen LogP contribution in [0.5, 0.6) is 0 Å². The lowest BCUT2D eigenvalue weighted by atomic mass is 10.2. The number of nitrogens with zero attached hydrogens (tertiary/aromatic N) is 3. The van der Waals surface area contributed by atoms with Crippen molar-refractivity contribution >= 4 is 47.4 Å². The van der Waals surface area contributed by atoms with E-state index in [0.717, 1.165) is 23.2 Å². The average Bonchev–Trinajstić information content (AvgIpc) is 2.80. The van der Waals surface area contributed by atoms with Crippen LogP contribution in [0.3, 0.4) is 0 Å². The van der Waals surface area contributed by atoms with Gasteiger partial charge in [0.15, 0.2) is 5.96 Å². The SMILES string of the molecule is CCNC(=NCc1sc(C)nc1C)NCCN(C)C(=O)OC(C)(C)C.I. The van der Waals surface area contributed by atoms with E-state index >= 15 is 0 Å². The summed E-state index contributed by atoms with van der Waals surface area (Å²) < 4.78 is 5.33. The minimum absolute atomic E-state index is 0. The molecular formula is C17H32IN5O2S. The van der Waals surface area contributed by atoms with Crippen LogP contribution in [-0.4, -0.2) is 54.2 Å². The number of likely N-dealkylation sites (N-methyl/N-ethyl adjacent to an activating group) is 1. The number of amides is 1. The molecule has 150 valence electrons. The molecule has 1 heterocycles. The van der Waals surface area contributed by atoms with Gasteiger partial charge >= 0.3 is 6.09 Å². The molecule has 0 fully saturated rings. The number of halogens is 1. The third-order valence-corrected chi connectivity index (χ3v) is 4.23. The molecule has 0 bridgehead atoms. The van der Waals surface area contributed by atoms with Crippen LogP contribution in [0.15, 0.2) is 4.99 Å². The Morgan fingerprint density at radius 3 is 2.46 bits per heavy atom. The van der Waals surface area contributed by atoms with E-state index < -0.39 is 5.60 Å². The fourth-order valence-electron chi connectivity index (χ4n) is 1.99. The Morgan fingerprint density at radius 2 is 1.96 bits per heavy atom. The van der Waals surface area contributed by atoms with E-state index in [9.17, 15) is 4.79 Å². The molecule has 0 saturated carbocycles. The van der Waals surface area contributed by atoms with Crippen molar-refractivity contribution in [3.8, 4) is 0 Å². The number of carbonyl (C=O) groups is 1. The standard InChI is InChI=1S/C17H31N5O2S.HI/c1-8-18-15(20-11-14-12(2)21-13(3)25-14)19-9-10-22(7)16(23)24-17(4,5)6;/h8-11H2,1-7H3,(H2,18,19,20);1H. The summed E-state index contributed by atoms with van der Waals surface area (Å²) in [7, 11) is 1.73. The maximum atomic E-state index is 11.9. The predicted molar refractivity (Wildman–Crippen MR) is 119 cm³/mol. The molecule has 0 aliphatic rings. The minimum atomic E-state index is -0.486. The Kier molecular flexibility index (Phi) is 11.1. The summed E-state index contributed by atoms with van der Waals surface area (Å²) in [5.74, 6) is 0.727. The number of ether oxygens (including phenoxy) is 1. The number of nitrogens with one attached hydrogen (secondary N) is 2. The van der Waals surface area contributed by atoms with E-state index in [0.29, 0.717) is 19.6 Å². The first kappa shape index (κ1) is 24.9. The quantitative estimate of drug-likeness (QED) is 0.358. The van der Waals surface area contributed by atoms with Gasteiger partial charge in [0.25, 0.3) is 0 Å². The zero-order chi connectivity index (χ0) is 19.0. The van der Waals surface area contributed by atoms with Crippen molar-refractivity contribution in [3.05, 3.63) is 15.6 Å². The number of aliphatic imine (C=N–C) groups is 1. The number of hydrogen-bond donors (Lipinski definition) is 2. The molecule has 9 heteroatoms. The van der Waals surface area contributed by atoms with Crippen molar-refractivity contribution in [2.75, 3.05) is 26.7 Å². The topological polar surface area (TPSA) is 78.9 Å². The number of guanidine groups is 1. The molecule has 0 unspecified atom stereocenters. The van der Waals surface area contributed by atoms with Crippen LogP contribution in [-0.2, 0) is 11.3 Å². The molecule has 1 rings (SSSR count). The molecule has 0 aromatic carbocycles. The third kappa shape index (κ3) is 9.56. The maximum absolute atomic E-state index is 11.9. The molecule has 1 amide bonds. The Morgan fingerprint density at radius 1 is 1.31 bits per heavy atom. The Balaban J connectivity index is 0.00000625. The van der Waals surface area contributed by atoms with Crippen LogP contribution in [0.1, 0.15) is 43.3 Å². The van der Waals surface area contributed by atoms with E-state index in [2.05, 4.69) is 20.6 Å². The average molecular weight is 497 g/mol. The Hall–Kier alpha value is -1.10. The van der Waals surface area contributed by atoms with Crippen molar-refractivity contribution in [2.24, 2.45) is 4.99 Å². The summed E-state index contributed by atoms with van der Waals surface area (Å²) in [5.41, 5.74) is 0.548. The Bertz CT molecular complexity index is 598. The van der Waals surface area contributed by atoms with E-state index in [1.165, 1.54) is 4.88 Å². The smallest absolute Gasteiger partial charge is 0.410 e. The van der Waals surface area contributed by atoms with Gasteiger partial charge in [-0.05, 0) is 41.5 Å². The second kappa shape index (κ2) is 11.6. The summed E-state index contributed by atoms with van der Waals surface area (Å²) in [6.45, 7) is 14.1. The van der Waals surface area contributed by atoms with E-state index in [-0.39, 0.29) is 30.1 Å². The molecule has 0 spiro atoms. The van der Waals surface area contributed by atoms with Gasteiger partial charge in [0, 0.05) is 31.6 Å². The minimum Gasteiger partial charge on any atom is -0.444 e. The monoisotopic (exact) mass is 497 g/mol. The second-order valence-corrected chi connectivity index (χ2v) is 8.05. The number of thiazole rings is 1. The van der Waals surface area contributed by atoms with Gasteiger partial charge in [-0.15, -0.1) is 35.3 Å². The highest BCUT2D eigenvalue weighted by molar-refractivity contribution is 14.0. The molecular weight excluding hydrogens is 465 g/mol. The molecule has 1 aromatic rings. The zero-order valence-electron chi connectivity index (χ0n) is 16.8.